The molecule has 1 aliphatic heterocycles. The Morgan fingerprint density at radius 1 is 2.00 bits per heavy atom. The number of hydrogen-bond donors (Lipinski definition) is 0. The molecule has 50 valence electrons. The van der Waals surface area contributed by atoms with Crippen molar-refractivity contribution in [3.05, 3.63) is 12.7 Å². The maximum atomic E-state index is 5.18. The Morgan fingerprint density at radius 3 is 3.11 bits per heavy atom. The Morgan fingerprint density at radius 2 is 2.78 bits per heavy atom. The summed E-state index contributed by atoms with van der Waals surface area (Å²) in [4.78, 5) is 4.20. The van der Waals surface area contributed by atoms with Crippen LogP contribution in [0.4, 0.5) is 0 Å². The quantitative estimate of drug-likeness (QED) is 0.511. The van der Waals surface area contributed by atoms with Gasteiger partial charge in [-0.25, -0.2) is 4.99 Å². The smallest absolute Gasteiger partial charge is 0.183 e. The molecule has 9 heavy (non-hydrogen) atoms. The molecule has 0 aromatic carbocycles. The molecule has 1 aliphatic rings. The molecule has 1 atom stereocenters. The van der Waals surface area contributed by atoms with Crippen LogP contribution in [0, 0.1) is 0 Å². The molecule has 0 aliphatic carbocycles. The third-order valence-electron chi connectivity index (χ3n) is 1.31. The van der Waals surface area contributed by atoms with Crippen molar-refractivity contribution in [2.75, 3.05) is 6.61 Å². The molecule has 1 heterocycles. The Bertz CT molecular complexity index is 140. The molecular weight excluding hydrogens is 114 g/mol. The van der Waals surface area contributed by atoms with Crippen molar-refractivity contribution in [1.82, 2.24) is 0 Å². The van der Waals surface area contributed by atoms with Crippen LogP contribution in [0.5, 0.6) is 0 Å². The summed E-state index contributed by atoms with van der Waals surface area (Å²) >= 11 is 0. The minimum absolute atomic E-state index is 0.208. The van der Waals surface area contributed by atoms with E-state index in [2.05, 4.69) is 11.6 Å². The zero-order valence-corrected chi connectivity index (χ0v) is 5.63. The Hall–Kier alpha value is -0.790. The molecule has 0 saturated heterocycles. The van der Waals surface area contributed by atoms with Gasteiger partial charge in [0.15, 0.2) is 5.90 Å². The van der Waals surface area contributed by atoms with Crippen molar-refractivity contribution in [1.29, 1.82) is 0 Å². The SMILES string of the molecule is C=CC1COC(CC)=N1. The van der Waals surface area contributed by atoms with Crippen LogP contribution in [0.2, 0.25) is 0 Å². The molecule has 2 nitrogen and oxygen atoms in total. The fourth-order valence-electron chi connectivity index (χ4n) is 0.755. The van der Waals surface area contributed by atoms with Gasteiger partial charge in [-0.15, -0.1) is 6.58 Å². The summed E-state index contributed by atoms with van der Waals surface area (Å²) in [5, 5.41) is 0. The Balaban J connectivity index is 2.49. The molecule has 0 amide bonds. The van der Waals surface area contributed by atoms with E-state index in [1.807, 2.05) is 13.0 Å². The first kappa shape index (κ1) is 6.33. The third-order valence-corrected chi connectivity index (χ3v) is 1.31. The predicted molar refractivity (Wildman–Crippen MR) is 37.7 cm³/mol. The molecule has 0 spiro atoms. The average molecular weight is 125 g/mol. The van der Waals surface area contributed by atoms with E-state index in [0.29, 0.717) is 6.61 Å². The Kier molecular flexibility index (Phi) is 1.88. The first-order valence-corrected chi connectivity index (χ1v) is 3.19. The lowest BCUT2D eigenvalue weighted by Crippen LogP contribution is -2.00. The van der Waals surface area contributed by atoms with Crippen molar-refractivity contribution in [3.8, 4) is 0 Å². The summed E-state index contributed by atoms with van der Waals surface area (Å²) in [5.74, 6) is 0.861. The Labute approximate surface area is 55.2 Å². The molecule has 1 unspecified atom stereocenters. The van der Waals surface area contributed by atoms with Crippen LogP contribution in [0.1, 0.15) is 13.3 Å². The average Bonchev–Trinajstić information content (AvgIpc) is 2.34. The van der Waals surface area contributed by atoms with Gasteiger partial charge in [-0.3, -0.25) is 0 Å². The highest BCUT2D eigenvalue weighted by Crippen LogP contribution is 2.06. The summed E-state index contributed by atoms with van der Waals surface area (Å²) in [5.41, 5.74) is 0. The van der Waals surface area contributed by atoms with E-state index >= 15 is 0 Å². The number of hydrogen-bond acceptors (Lipinski definition) is 2. The predicted octanol–water partition coefficient (Wildman–Crippen LogP) is 1.38. The third kappa shape index (κ3) is 1.31. The van der Waals surface area contributed by atoms with E-state index in [1.165, 1.54) is 0 Å². The molecule has 0 aromatic heterocycles. The van der Waals surface area contributed by atoms with Gasteiger partial charge in [0.1, 0.15) is 12.6 Å². The lowest BCUT2D eigenvalue weighted by atomic mass is 10.3. The van der Waals surface area contributed by atoms with Gasteiger partial charge in [-0.2, -0.15) is 0 Å². The van der Waals surface area contributed by atoms with Crippen LogP contribution in [0.25, 0.3) is 0 Å². The van der Waals surface area contributed by atoms with Gasteiger partial charge in [0, 0.05) is 6.42 Å². The summed E-state index contributed by atoms with van der Waals surface area (Å²) in [6.07, 6.45) is 2.70. The second-order valence-corrected chi connectivity index (χ2v) is 1.99. The van der Waals surface area contributed by atoms with Gasteiger partial charge in [-0.05, 0) is 0 Å². The van der Waals surface area contributed by atoms with Crippen LogP contribution in [0.3, 0.4) is 0 Å². The van der Waals surface area contributed by atoms with E-state index in [1.54, 1.807) is 0 Å². The van der Waals surface area contributed by atoms with Gasteiger partial charge >= 0.3 is 0 Å². The van der Waals surface area contributed by atoms with Crippen molar-refractivity contribution in [3.63, 3.8) is 0 Å². The van der Waals surface area contributed by atoms with Crippen molar-refractivity contribution in [2.24, 2.45) is 4.99 Å². The first-order valence-electron chi connectivity index (χ1n) is 3.19. The van der Waals surface area contributed by atoms with Crippen LogP contribution in [-0.2, 0) is 4.74 Å². The second kappa shape index (κ2) is 2.67. The van der Waals surface area contributed by atoms with Crippen molar-refractivity contribution < 1.29 is 4.74 Å². The number of nitrogens with zero attached hydrogens (tertiary/aromatic N) is 1. The zero-order valence-electron chi connectivity index (χ0n) is 5.63. The summed E-state index contributed by atoms with van der Waals surface area (Å²) in [6, 6.07) is 0.208. The minimum Gasteiger partial charge on any atom is -0.478 e. The summed E-state index contributed by atoms with van der Waals surface area (Å²) in [6.45, 7) is 6.34. The standard InChI is InChI=1S/C7H11NO/c1-3-6-5-9-7(4-2)8-6/h3,6H,1,4-5H2,2H3. The zero-order chi connectivity index (χ0) is 6.69. The summed E-state index contributed by atoms with van der Waals surface area (Å²) < 4.78 is 5.18. The number of rotatable bonds is 2. The second-order valence-electron chi connectivity index (χ2n) is 1.99. The van der Waals surface area contributed by atoms with E-state index in [9.17, 15) is 0 Å². The first-order chi connectivity index (χ1) is 4.36. The molecule has 0 radical (unpaired) electrons. The highest BCUT2D eigenvalue weighted by molar-refractivity contribution is 5.77. The monoisotopic (exact) mass is 125 g/mol. The molecule has 0 fully saturated rings. The fraction of sp³-hybridized carbons (Fsp3) is 0.571. The van der Waals surface area contributed by atoms with Gasteiger partial charge < -0.3 is 4.74 Å². The molecule has 0 aromatic rings. The molecular formula is C7H11NO. The van der Waals surface area contributed by atoms with Crippen molar-refractivity contribution >= 4 is 5.90 Å². The van der Waals surface area contributed by atoms with E-state index in [4.69, 9.17) is 4.74 Å². The van der Waals surface area contributed by atoms with Crippen LogP contribution in [-0.4, -0.2) is 18.5 Å². The maximum Gasteiger partial charge on any atom is 0.183 e. The molecule has 0 bridgehead atoms. The van der Waals surface area contributed by atoms with Gasteiger partial charge in [0.25, 0.3) is 0 Å². The highest BCUT2D eigenvalue weighted by Gasteiger charge is 2.12. The largest absolute Gasteiger partial charge is 0.478 e. The van der Waals surface area contributed by atoms with Gasteiger partial charge in [-0.1, -0.05) is 13.0 Å². The number of aliphatic imine (C=N–C) groups is 1. The van der Waals surface area contributed by atoms with E-state index in [-0.39, 0.29) is 6.04 Å². The molecule has 2 heteroatoms. The lowest BCUT2D eigenvalue weighted by Gasteiger charge is -1.93. The van der Waals surface area contributed by atoms with Gasteiger partial charge in [0.2, 0.25) is 0 Å². The van der Waals surface area contributed by atoms with Crippen molar-refractivity contribution in [2.45, 2.75) is 19.4 Å². The van der Waals surface area contributed by atoms with E-state index in [0.717, 1.165) is 12.3 Å². The number of ether oxygens (including phenoxy) is 1. The normalized spacial score (nSPS) is 25.0. The lowest BCUT2D eigenvalue weighted by molar-refractivity contribution is 0.324. The minimum atomic E-state index is 0.208. The van der Waals surface area contributed by atoms with Gasteiger partial charge in [0.05, 0.1) is 0 Å². The molecule has 0 saturated carbocycles. The van der Waals surface area contributed by atoms with E-state index < -0.39 is 0 Å². The fourth-order valence-corrected chi connectivity index (χ4v) is 0.755. The van der Waals surface area contributed by atoms with Crippen LogP contribution >= 0.6 is 0 Å². The summed E-state index contributed by atoms with van der Waals surface area (Å²) in [7, 11) is 0. The molecule has 0 N–H and O–H groups in total. The highest BCUT2D eigenvalue weighted by atomic mass is 16.5. The van der Waals surface area contributed by atoms with Crippen LogP contribution < -0.4 is 0 Å². The molecule has 1 rings (SSSR count). The topological polar surface area (TPSA) is 21.6 Å². The maximum absolute atomic E-state index is 5.18. The van der Waals surface area contributed by atoms with Crippen LogP contribution in [0.15, 0.2) is 17.6 Å².